The third-order valence-electron chi connectivity index (χ3n) is 3.12. The van der Waals surface area contributed by atoms with Crippen LogP contribution in [0.2, 0.25) is 0 Å². The Morgan fingerprint density at radius 3 is 2.40 bits per heavy atom. The molecule has 1 aliphatic rings. The van der Waals surface area contributed by atoms with Gasteiger partial charge in [-0.3, -0.25) is 0 Å². The lowest BCUT2D eigenvalue weighted by Crippen LogP contribution is -2.15. The van der Waals surface area contributed by atoms with Crippen molar-refractivity contribution in [3.05, 3.63) is 11.8 Å². The monoisotopic (exact) mass is 230 g/mol. The molecule has 4 atom stereocenters. The first-order valence-corrected chi connectivity index (χ1v) is 5.70. The summed E-state index contributed by atoms with van der Waals surface area (Å²) in [5, 5.41) is 7.89. The predicted octanol–water partition coefficient (Wildman–Crippen LogP) is 2.34. The highest BCUT2D eigenvalue weighted by Crippen LogP contribution is 2.39. The van der Waals surface area contributed by atoms with Gasteiger partial charge >= 0.3 is 0 Å². The van der Waals surface area contributed by atoms with Crippen molar-refractivity contribution in [2.24, 2.45) is 5.92 Å². The minimum atomic E-state index is 0.124. The van der Waals surface area contributed by atoms with Gasteiger partial charge in [0, 0.05) is 0 Å². The molecule has 1 saturated heterocycles. The molecule has 15 heavy (non-hydrogen) atoms. The van der Waals surface area contributed by atoms with E-state index in [0.717, 1.165) is 0 Å². The second-order valence-corrected chi connectivity index (χ2v) is 4.37. The van der Waals surface area contributed by atoms with Gasteiger partial charge in [0.15, 0.2) is 0 Å². The second-order valence-electron chi connectivity index (χ2n) is 4.10. The SMILES string of the molecule is CC1OC(C)C(c2nnc(CCl)o2)C1C. The molecule has 4 nitrogen and oxygen atoms in total. The van der Waals surface area contributed by atoms with Gasteiger partial charge in [-0.05, 0) is 19.8 Å². The van der Waals surface area contributed by atoms with Crippen LogP contribution in [0.15, 0.2) is 4.42 Å². The summed E-state index contributed by atoms with van der Waals surface area (Å²) < 4.78 is 11.2. The number of aromatic nitrogens is 2. The standard InChI is InChI=1S/C10H15ClN2O2/c1-5-6(2)14-7(3)9(5)10-13-12-8(4-11)15-10/h5-7,9H,4H2,1-3H3. The van der Waals surface area contributed by atoms with Crippen molar-refractivity contribution in [2.45, 2.75) is 44.8 Å². The summed E-state index contributed by atoms with van der Waals surface area (Å²) in [7, 11) is 0. The molecule has 4 unspecified atom stereocenters. The van der Waals surface area contributed by atoms with Crippen molar-refractivity contribution in [3.63, 3.8) is 0 Å². The Kier molecular flexibility index (Phi) is 2.98. The molecule has 1 fully saturated rings. The molecule has 0 saturated carbocycles. The van der Waals surface area contributed by atoms with Crippen LogP contribution in [-0.4, -0.2) is 22.4 Å². The minimum Gasteiger partial charge on any atom is -0.424 e. The van der Waals surface area contributed by atoms with Crippen molar-refractivity contribution in [3.8, 4) is 0 Å². The fourth-order valence-corrected chi connectivity index (χ4v) is 2.26. The quantitative estimate of drug-likeness (QED) is 0.732. The number of alkyl halides is 1. The van der Waals surface area contributed by atoms with E-state index in [2.05, 4.69) is 24.0 Å². The zero-order valence-corrected chi connectivity index (χ0v) is 9.86. The van der Waals surface area contributed by atoms with Gasteiger partial charge in [0.2, 0.25) is 11.8 Å². The first kappa shape index (κ1) is 10.9. The van der Waals surface area contributed by atoms with E-state index in [1.807, 2.05) is 6.92 Å². The molecule has 0 radical (unpaired) electrons. The van der Waals surface area contributed by atoms with Gasteiger partial charge in [-0.1, -0.05) is 6.92 Å². The molecule has 1 aromatic rings. The molecule has 0 aromatic carbocycles. The molecule has 0 spiro atoms. The van der Waals surface area contributed by atoms with Crippen LogP contribution in [0.4, 0.5) is 0 Å². The lowest BCUT2D eigenvalue weighted by Gasteiger charge is -2.13. The van der Waals surface area contributed by atoms with E-state index in [-0.39, 0.29) is 24.0 Å². The van der Waals surface area contributed by atoms with Crippen molar-refractivity contribution in [1.82, 2.24) is 10.2 Å². The number of ether oxygens (including phenoxy) is 1. The van der Waals surface area contributed by atoms with Crippen molar-refractivity contribution < 1.29 is 9.15 Å². The zero-order chi connectivity index (χ0) is 11.0. The van der Waals surface area contributed by atoms with Gasteiger partial charge < -0.3 is 9.15 Å². The average Bonchev–Trinajstić information content (AvgIpc) is 2.74. The molecule has 0 N–H and O–H groups in total. The smallest absolute Gasteiger partial charge is 0.231 e. The Hall–Kier alpha value is -0.610. The Balaban J connectivity index is 2.22. The maximum absolute atomic E-state index is 5.72. The number of nitrogens with zero attached hydrogens (tertiary/aromatic N) is 2. The number of halogens is 1. The number of rotatable bonds is 2. The van der Waals surface area contributed by atoms with Gasteiger partial charge in [-0.2, -0.15) is 0 Å². The van der Waals surface area contributed by atoms with E-state index in [4.69, 9.17) is 20.8 Å². The summed E-state index contributed by atoms with van der Waals surface area (Å²) in [4.78, 5) is 0. The van der Waals surface area contributed by atoms with Crippen LogP contribution >= 0.6 is 11.6 Å². The maximum Gasteiger partial charge on any atom is 0.231 e. The number of hydrogen-bond acceptors (Lipinski definition) is 4. The van der Waals surface area contributed by atoms with Gasteiger partial charge in [0.25, 0.3) is 0 Å². The molecule has 0 aliphatic carbocycles. The number of hydrogen-bond donors (Lipinski definition) is 0. The lowest BCUT2D eigenvalue weighted by atomic mass is 9.89. The summed E-state index contributed by atoms with van der Waals surface area (Å²) in [5.74, 6) is 1.97. The van der Waals surface area contributed by atoms with Crippen LogP contribution in [0.5, 0.6) is 0 Å². The van der Waals surface area contributed by atoms with Crippen LogP contribution in [0.1, 0.15) is 38.5 Å². The molecule has 5 heteroatoms. The van der Waals surface area contributed by atoms with Crippen LogP contribution in [0.3, 0.4) is 0 Å². The molecule has 0 amide bonds. The first-order chi connectivity index (χ1) is 7.13. The van der Waals surface area contributed by atoms with Crippen molar-refractivity contribution >= 4 is 11.6 Å². The minimum absolute atomic E-state index is 0.124. The summed E-state index contributed by atoms with van der Waals surface area (Å²) in [6, 6.07) is 0. The van der Waals surface area contributed by atoms with E-state index in [0.29, 0.717) is 17.7 Å². The van der Waals surface area contributed by atoms with Gasteiger partial charge in [0.05, 0.1) is 18.1 Å². The van der Waals surface area contributed by atoms with E-state index in [1.165, 1.54) is 0 Å². The summed E-state index contributed by atoms with van der Waals surface area (Å²) in [6.45, 7) is 6.25. The average molecular weight is 231 g/mol. The summed E-state index contributed by atoms with van der Waals surface area (Å²) in [6.07, 6.45) is 0.356. The van der Waals surface area contributed by atoms with Crippen molar-refractivity contribution in [2.75, 3.05) is 0 Å². The second kappa shape index (κ2) is 4.10. The highest BCUT2D eigenvalue weighted by atomic mass is 35.5. The zero-order valence-electron chi connectivity index (χ0n) is 9.11. The van der Waals surface area contributed by atoms with E-state index < -0.39 is 0 Å². The fraction of sp³-hybridized carbons (Fsp3) is 0.800. The van der Waals surface area contributed by atoms with Crippen LogP contribution in [0, 0.1) is 5.92 Å². The maximum atomic E-state index is 5.72. The Morgan fingerprint density at radius 1 is 1.20 bits per heavy atom. The molecule has 1 aromatic heterocycles. The third kappa shape index (κ3) is 1.88. The normalized spacial score (nSPS) is 36.0. The van der Waals surface area contributed by atoms with Crippen molar-refractivity contribution in [1.29, 1.82) is 0 Å². The molecule has 1 aliphatic heterocycles. The summed E-state index contributed by atoms with van der Waals surface area (Å²) >= 11 is 5.62. The Bertz CT molecular complexity index is 342. The third-order valence-corrected chi connectivity index (χ3v) is 3.35. The van der Waals surface area contributed by atoms with Crippen LogP contribution < -0.4 is 0 Å². The molecule has 0 bridgehead atoms. The molecule has 2 heterocycles. The van der Waals surface area contributed by atoms with E-state index >= 15 is 0 Å². The van der Waals surface area contributed by atoms with Gasteiger partial charge in [-0.25, -0.2) is 0 Å². The first-order valence-electron chi connectivity index (χ1n) is 5.17. The molecular weight excluding hydrogens is 216 g/mol. The van der Waals surface area contributed by atoms with E-state index in [1.54, 1.807) is 0 Å². The molecular formula is C10H15ClN2O2. The highest BCUT2D eigenvalue weighted by Gasteiger charge is 2.41. The lowest BCUT2D eigenvalue weighted by molar-refractivity contribution is 0.0544. The summed E-state index contributed by atoms with van der Waals surface area (Å²) in [5.41, 5.74) is 0. The molecule has 84 valence electrons. The van der Waals surface area contributed by atoms with Crippen LogP contribution in [-0.2, 0) is 10.6 Å². The topological polar surface area (TPSA) is 48.2 Å². The fourth-order valence-electron chi connectivity index (χ4n) is 2.15. The van der Waals surface area contributed by atoms with Gasteiger partial charge in [-0.15, -0.1) is 21.8 Å². The van der Waals surface area contributed by atoms with Gasteiger partial charge in [0.1, 0.15) is 5.88 Å². The Labute approximate surface area is 94.0 Å². The predicted molar refractivity (Wildman–Crippen MR) is 55.8 cm³/mol. The Morgan fingerprint density at radius 2 is 1.93 bits per heavy atom. The largest absolute Gasteiger partial charge is 0.424 e. The van der Waals surface area contributed by atoms with E-state index in [9.17, 15) is 0 Å². The van der Waals surface area contributed by atoms with Crippen LogP contribution in [0.25, 0.3) is 0 Å². The molecule has 2 rings (SSSR count). The highest BCUT2D eigenvalue weighted by molar-refractivity contribution is 6.16.